The Bertz CT molecular complexity index is 117. The molecule has 42 valence electrons. The molecule has 0 unspecified atom stereocenters. The van der Waals surface area contributed by atoms with Crippen LogP contribution in [0.4, 0.5) is 0 Å². The van der Waals surface area contributed by atoms with Gasteiger partial charge in [0.15, 0.2) is 0 Å². The first-order valence-corrected chi connectivity index (χ1v) is 2.57. The molecule has 0 aromatic rings. The van der Waals surface area contributed by atoms with Crippen molar-refractivity contribution in [2.75, 3.05) is 6.54 Å². The van der Waals surface area contributed by atoms with Gasteiger partial charge in [0, 0.05) is 19.0 Å². The van der Waals surface area contributed by atoms with Crippen LogP contribution in [0, 0.1) is 0 Å². The summed E-state index contributed by atoms with van der Waals surface area (Å²) in [5, 5.41) is 3.03. The first-order chi connectivity index (χ1) is 4.00. The predicted octanol–water partition coefficient (Wildman–Crippen LogP) is 0.688. The molecule has 0 bridgehead atoms. The minimum Gasteiger partial charge on any atom is -0.387 e. The van der Waals surface area contributed by atoms with E-state index in [-0.39, 0.29) is 0 Å². The van der Waals surface area contributed by atoms with Crippen LogP contribution in [0.1, 0.15) is 0 Å². The minimum absolute atomic E-state index is 0.869. The number of nitrogens with one attached hydrogen (secondary N) is 1. The van der Waals surface area contributed by atoms with E-state index in [0.29, 0.717) is 0 Å². The van der Waals surface area contributed by atoms with Crippen molar-refractivity contribution in [1.82, 2.24) is 5.32 Å². The molecule has 8 heavy (non-hydrogen) atoms. The number of nitrogens with zero attached hydrogens (tertiary/aromatic N) is 1. The average molecular weight is 108 g/mol. The van der Waals surface area contributed by atoms with Gasteiger partial charge in [-0.25, -0.2) is 0 Å². The van der Waals surface area contributed by atoms with E-state index >= 15 is 0 Å². The van der Waals surface area contributed by atoms with Crippen molar-refractivity contribution in [3.05, 3.63) is 24.6 Å². The molecule has 0 aromatic carbocycles. The molecular weight excluding hydrogens is 100 g/mol. The van der Waals surface area contributed by atoms with E-state index < -0.39 is 0 Å². The van der Waals surface area contributed by atoms with Crippen LogP contribution >= 0.6 is 0 Å². The van der Waals surface area contributed by atoms with Gasteiger partial charge >= 0.3 is 0 Å². The molecule has 0 aliphatic carbocycles. The lowest BCUT2D eigenvalue weighted by molar-refractivity contribution is 0.982. The third-order valence-electron chi connectivity index (χ3n) is 0.813. The summed E-state index contributed by atoms with van der Waals surface area (Å²) in [4.78, 5) is 3.90. The maximum absolute atomic E-state index is 3.90. The molecule has 0 fully saturated rings. The van der Waals surface area contributed by atoms with Gasteiger partial charge in [-0.3, -0.25) is 4.99 Å². The Balaban J connectivity index is 2.51. The summed E-state index contributed by atoms with van der Waals surface area (Å²) in [5.74, 6) is 0. The van der Waals surface area contributed by atoms with Gasteiger partial charge in [-0.15, -0.1) is 0 Å². The normalized spacial score (nSPS) is 29.0. The number of hydrogen-bond acceptors (Lipinski definition) is 2. The number of aliphatic imine (C=N–C) groups is 1. The fourth-order valence-electron chi connectivity index (χ4n) is 0.460. The van der Waals surface area contributed by atoms with Crippen LogP contribution in [0.2, 0.25) is 0 Å². The topological polar surface area (TPSA) is 24.4 Å². The van der Waals surface area contributed by atoms with Crippen LogP contribution in [0.3, 0.4) is 0 Å². The largest absolute Gasteiger partial charge is 0.387 e. The summed E-state index contributed by atoms with van der Waals surface area (Å²) in [6.07, 6.45) is 9.20. The van der Waals surface area contributed by atoms with Crippen LogP contribution < -0.4 is 5.32 Å². The quantitative estimate of drug-likeness (QED) is 0.485. The summed E-state index contributed by atoms with van der Waals surface area (Å²) in [7, 11) is 0. The van der Waals surface area contributed by atoms with Crippen LogP contribution in [0.15, 0.2) is 29.5 Å². The zero-order valence-electron chi connectivity index (χ0n) is 4.54. The van der Waals surface area contributed by atoms with Crippen molar-refractivity contribution in [3.63, 3.8) is 0 Å². The van der Waals surface area contributed by atoms with Crippen molar-refractivity contribution in [2.24, 2.45) is 4.99 Å². The van der Waals surface area contributed by atoms with Gasteiger partial charge in [-0.1, -0.05) is 0 Å². The third-order valence-corrected chi connectivity index (χ3v) is 0.813. The molecular formula is C6H8N2. The molecule has 0 amide bonds. The van der Waals surface area contributed by atoms with Gasteiger partial charge in [0.05, 0.1) is 0 Å². The first kappa shape index (κ1) is 5.09. The lowest BCUT2D eigenvalue weighted by atomic mass is 10.5. The standard InChI is InChI=1S/C6H8N2/c1-3-7-5-2-6-8-4-1/h1-5,8H,6H2/b4-1-,5-2-,7-3-. The Morgan fingerprint density at radius 3 is 3.50 bits per heavy atom. The number of rotatable bonds is 0. The van der Waals surface area contributed by atoms with Crippen molar-refractivity contribution in [3.8, 4) is 0 Å². The summed E-state index contributed by atoms with van der Waals surface area (Å²) >= 11 is 0. The monoisotopic (exact) mass is 108 g/mol. The van der Waals surface area contributed by atoms with E-state index in [4.69, 9.17) is 0 Å². The van der Waals surface area contributed by atoms with Crippen molar-refractivity contribution >= 4 is 6.21 Å². The second-order valence-corrected chi connectivity index (χ2v) is 1.45. The summed E-state index contributed by atoms with van der Waals surface area (Å²) in [6, 6.07) is 0. The summed E-state index contributed by atoms with van der Waals surface area (Å²) in [5.41, 5.74) is 0. The lowest BCUT2D eigenvalue weighted by Gasteiger charge is -1.92. The smallest absolute Gasteiger partial charge is 0.0343 e. The maximum Gasteiger partial charge on any atom is 0.0343 e. The van der Waals surface area contributed by atoms with Gasteiger partial charge in [-0.2, -0.15) is 0 Å². The van der Waals surface area contributed by atoms with Gasteiger partial charge < -0.3 is 5.32 Å². The van der Waals surface area contributed by atoms with E-state index in [0.717, 1.165) is 6.54 Å². The molecule has 1 N–H and O–H groups in total. The fraction of sp³-hybridized carbons (Fsp3) is 0.167. The Hall–Kier alpha value is -1.05. The predicted molar refractivity (Wildman–Crippen MR) is 34.8 cm³/mol. The minimum atomic E-state index is 0.869. The van der Waals surface area contributed by atoms with Crippen LogP contribution in [0.5, 0.6) is 0 Å². The third kappa shape index (κ3) is 1.60. The Morgan fingerprint density at radius 2 is 2.50 bits per heavy atom. The molecule has 1 heterocycles. The molecule has 2 nitrogen and oxygen atoms in total. The molecule has 1 aliphatic rings. The van der Waals surface area contributed by atoms with Gasteiger partial charge in [0.2, 0.25) is 0 Å². The Morgan fingerprint density at radius 1 is 1.50 bits per heavy atom. The molecule has 0 atom stereocenters. The second kappa shape index (κ2) is 3.02. The highest BCUT2D eigenvalue weighted by atomic mass is 14.8. The second-order valence-electron chi connectivity index (χ2n) is 1.45. The highest BCUT2D eigenvalue weighted by Crippen LogP contribution is 1.76. The molecule has 1 rings (SSSR count). The molecule has 0 saturated carbocycles. The van der Waals surface area contributed by atoms with E-state index in [1.807, 2.05) is 18.4 Å². The molecule has 0 aromatic heterocycles. The zero-order valence-corrected chi connectivity index (χ0v) is 4.54. The zero-order chi connectivity index (χ0) is 5.66. The van der Waals surface area contributed by atoms with Gasteiger partial charge in [0.1, 0.15) is 0 Å². The van der Waals surface area contributed by atoms with Gasteiger partial charge in [0.25, 0.3) is 0 Å². The summed E-state index contributed by atoms with van der Waals surface area (Å²) in [6.45, 7) is 0.869. The lowest BCUT2D eigenvalue weighted by Crippen LogP contribution is -2.03. The number of allylic oxidation sites excluding steroid dienone is 1. The summed E-state index contributed by atoms with van der Waals surface area (Å²) < 4.78 is 0. The average Bonchev–Trinajstić information content (AvgIpc) is 1.62. The molecule has 1 aliphatic heterocycles. The first-order valence-electron chi connectivity index (χ1n) is 2.57. The molecule has 0 radical (unpaired) electrons. The van der Waals surface area contributed by atoms with E-state index in [9.17, 15) is 0 Å². The SMILES string of the molecule is C1=C/NC\C=C/N=C\1. The fourth-order valence-corrected chi connectivity index (χ4v) is 0.460. The van der Waals surface area contributed by atoms with Crippen LogP contribution in [0.25, 0.3) is 0 Å². The van der Waals surface area contributed by atoms with Crippen molar-refractivity contribution < 1.29 is 0 Å². The van der Waals surface area contributed by atoms with E-state index in [1.165, 1.54) is 0 Å². The molecule has 0 spiro atoms. The van der Waals surface area contributed by atoms with E-state index in [2.05, 4.69) is 10.3 Å². The van der Waals surface area contributed by atoms with Crippen LogP contribution in [-0.2, 0) is 0 Å². The van der Waals surface area contributed by atoms with E-state index in [1.54, 1.807) is 12.4 Å². The van der Waals surface area contributed by atoms with Gasteiger partial charge in [-0.05, 0) is 18.4 Å². The molecule has 2 heteroatoms. The van der Waals surface area contributed by atoms with Crippen molar-refractivity contribution in [1.29, 1.82) is 0 Å². The van der Waals surface area contributed by atoms with Crippen molar-refractivity contribution in [2.45, 2.75) is 0 Å². The Labute approximate surface area is 48.6 Å². The number of hydrogen-bond donors (Lipinski definition) is 1. The maximum atomic E-state index is 3.90. The highest BCUT2D eigenvalue weighted by molar-refractivity contribution is 5.71. The highest BCUT2D eigenvalue weighted by Gasteiger charge is 1.72. The van der Waals surface area contributed by atoms with Crippen LogP contribution in [-0.4, -0.2) is 12.8 Å². The Kier molecular flexibility index (Phi) is 1.92. The molecule has 0 saturated heterocycles.